The number of rotatable bonds is 25. The maximum atomic E-state index is 5.93. The van der Waals surface area contributed by atoms with Crippen LogP contribution in [-0.2, 0) is 0 Å². The second-order valence-electron chi connectivity index (χ2n) is 20.7. The second-order valence-corrected chi connectivity index (χ2v) is 20.7. The minimum atomic E-state index is 0.554. The van der Waals surface area contributed by atoms with Gasteiger partial charge in [-0.15, -0.1) is 0 Å². The number of ether oxygens (including phenoxy) is 5. The second kappa shape index (κ2) is 41.0. The molecule has 0 radical (unpaired) electrons. The summed E-state index contributed by atoms with van der Waals surface area (Å²) in [4.78, 5) is 0. The van der Waals surface area contributed by atoms with Gasteiger partial charge in [0.25, 0.3) is 0 Å². The van der Waals surface area contributed by atoms with E-state index in [1.807, 2.05) is 68.5 Å². The van der Waals surface area contributed by atoms with Crippen molar-refractivity contribution in [2.75, 3.05) is 33.0 Å². The fraction of sp³-hybridized carbons (Fsp3) is 0.444. The Labute approximate surface area is 471 Å². The number of allylic oxidation sites excluding steroid dienone is 3. The van der Waals surface area contributed by atoms with E-state index in [9.17, 15) is 0 Å². The molecule has 0 fully saturated rings. The Morgan fingerprint density at radius 3 is 1.14 bits per heavy atom. The van der Waals surface area contributed by atoms with Gasteiger partial charge in [0.1, 0.15) is 61.8 Å². The van der Waals surface area contributed by atoms with E-state index >= 15 is 0 Å². The normalized spacial score (nSPS) is 12.3. The molecule has 0 saturated heterocycles. The average molecular weight is 1050 g/mol. The molecule has 5 aromatic rings. The van der Waals surface area contributed by atoms with E-state index in [4.69, 9.17) is 23.7 Å². The fourth-order valence-electron chi connectivity index (χ4n) is 6.99. The monoisotopic (exact) mass is 1050 g/mol. The molecule has 0 saturated carbocycles. The highest BCUT2D eigenvalue weighted by atomic mass is 16.5. The number of para-hydroxylation sites is 1. The smallest absolute Gasteiger partial charge is 0.123 e. The van der Waals surface area contributed by atoms with E-state index in [2.05, 4.69) is 202 Å². The average Bonchev–Trinajstić information content (AvgIpc) is 3.45. The largest absolute Gasteiger partial charge is 0.490 e. The van der Waals surface area contributed by atoms with Crippen LogP contribution in [0.1, 0.15) is 207 Å². The van der Waals surface area contributed by atoms with Gasteiger partial charge in [-0.2, -0.15) is 0 Å². The predicted octanol–water partition coefficient (Wildman–Crippen LogP) is 21.6. The van der Waals surface area contributed by atoms with E-state index in [0.717, 1.165) is 40.7 Å². The van der Waals surface area contributed by atoms with Gasteiger partial charge < -0.3 is 23.7 Å². The first-order valence-corrected chi connectivity index (χ1v) is 28.6. The quantitative estimate of drug-likeness (QED) is 0.0545. The Hall–Kier alpha value is -6.20. The van der Waals surface area contributed by atoms with Crippen LogP contribution >= 0.6 is 0 Å². The molecule has 0 bridgehead atoms. The molecule has 77 heavy (non-hydrogen) atoms. The van der Waals surface area contributed by atoms with Crippen molar-refractivity contribution in [1.29, 1.82) is 0 Å². The molecule has 5 nitrogen and oxygen atoms in total. The molecule has 0 aromatic heterocycles. The van der Waals surface area contributed by atoms with Crippen molar-refractivity contribution in [3.63, 3.8) is 0 Å². The van der Waals surface area contributed by atoms with Crippen molar-refractivity contribution in [3.05, 3.63) is 209 Å². The molecule has 0 amide bonds. The van der Waals surface area contributed by atoms with Crippen LogP contribution in [0.15, 0.2) is 181 Å². The highest BCUT2D eigenvalue weighted by Crippen LogP contribution is 2.29. The summed E-state index contributed by atoms with van der Waals surface area (Å²) in [5, 5.41) is 0. The van der Waals surface area contributed by atoms with Gasteiger partial charge in [-0.25, -0.2) is 0 Å². The summed E-state index contributed by atoms with van der Waals surface area (Å²) in [6.45, 7) is 47.3. The molecule has 0 heterocycles. The number of hydrogen-bond acceptors (Lipinski definition) is 5. The molecule has 0 aliphatic heterocycles. The fourth-order valence-corrected chi connectivity index (χ4v) is 6.99. The first-order valence-electron chi connectivity index (χ1n) is 28.6. The zero-order valence-corrected chi connectivity index (χ0v) is 51.3. The van der Waals surface area contributed by atoms with Crippen molar-refractivity contribution < 1.29 is 23.7 Å². The summed E-state index contributed by atoms with van der Waals surface area (Å²) in [5.41, 5.74) is 11.8. The predicted molar refractivity (Wildman–Crippen MR) is 337 cm³/mol. The van der Waals surface area contributed by atoms with Crippen LogP contribution in [0.5, 0.6) is 28.7 Å². The number of benzene rings is 5. The molecule has 5 atom stereocenters. The van der Waals surface area contributed by atoms with Gasteiger partial charge in [0, 0.05) is 0 Å². The first kappa shape index (κ1) is 68.8. The summed E-state index contributed by atoms with van der Waals surface area (Å²) in [7, 11) is 0. The molecule has 5 aromatic carbocycles. The third-order valence-corrected chi connectivity index (χ3v) is 13.8. The van der Waals surface area contributed by atoms with E-state index < -0.39 is 0 Å². The van der Waals surface area contributed by atoms with Gasteiger partial charge in [-0.05, 0) is 210 Å². The van der Waals surface area contributed by atoms with Crippen LogP contribution in [0.2, 0.25) is 0 Å². The lowest BCUT2D eigenvalue weighted by Crippen LogP contribution is -2.03. The van der Waals surface area contributed by atoms with Gasteiger partial charge in [-0.1, -0.05) is 178 Å². The minimum absolute atomic E-state index is 0.554. The van der Waals surface area contributed by atoms with Crippen LogP contribution in [0.4, 0.5) is 0 Å². The molecule has 0 N–H and O–H groups in total. The van der Waals surface area contributed by atoms with Gasteiger partial charge >= 0.3 is 0 Å². The summed E-state index contributed by atoms with van der Waals surface area (Å²) in [6.07, 6.45) is 13.7. The lowest BCUT2D eigenvalue weighted by Gasteiger charge is -2.16. The van der Waals surface area contributed by atoms with Crippen LogP contribution in [0.3, 0.4) is 0 Å². The van der Waals surface area contributed by atoms with Gasteiger partial charge in [-0.3, -0.25) is 0 Å². The van der Waals surface area contributed by atoms with Crippen LogP contribution in [-0.4, -0.2) is 33.0 Å². The summed E-state index contributed by atoms with van der Waals surface area (Å²) >= 11 is 0. The highest BCUT2D eigenvalue weighted by Gasteiger charge is 2.10. The van der Waals surface area contributed by atoms with Crippen LogP contribution in [0.25, 0.3) is 0 Å². The lowest BCUT2D eigenvalue weighted by molar-refractivity contribution is 0.344. The SMILES string of the molecule is C/C=C/COc1ccc(C(C)CC)cc1.C=C(C)COc1ccc(C(C)CC)cc1.C=CCOc1ccc(C(C)CC)cc1.CCC(C)c1ccc(OCC=C(C)C)cc1.CCC(C)c1ccccc1OCC(C)=C(C)C. The molecular weight excluding hydrogens is 945 g/mol. The Kier molecular flexibility index (Phi) is 36.6. The van der Waals surface area contributed by atoms with Gasteiger partial charge in [0.05, 0.1) is 0 Å². The molecule has 422 valence electrons. The van der Waals surface area contributed by atoms with Crippen molar-refractivity contribution in [1.82, 2.24) is 0 Å². The molecule has 0 aliphatic carbocycles. The van der Waals surface area contributed by atoms with E-state index in [0.29, 0.717) is 62.6 Å². The van der Waals surface area contributed by atoms with Crippen LogP contribution < -0.4 is 23.7 Å². The maximum Gasteiger partial charge on any atom is 0.123 e. The maximum absolute atomic E-state index is 5.93. The van der Waals surface area contributed by atoms with Gasteiger partial charge in [0.2, 0.25) is 0 Å². The Bertz CT molecular complexity index is 2400. The Balaban J connectivity index is 0.000000482. The van der Waals surface area contributed by atoms with Crippen molar-refractivity contribution >= 4 is 0 Å². The Morgan fingerprint density at radius 2 is 0.805 bits per heavy atom. The van der Waals surface area contributed by atoms with E-state index in [1.54, 1.807) is 6.08 Å². The van der Waals surface area contributed by atoms with Crippen molar-refractivity contribution in [2.45, 2.75) is 179 Å². The topological polar surface area (TPSA) is 46.2 Å². The zero-order valence-electron chi connectivity index (χ0n) is 51.3. The van der Waals surface area contributed by atoms with Crippen LogP contribution in [0, 0.1) is 0 Å². The summed E-state index contributed by atoms with van der Waals surface area (Å²) < 4.78 is 28.0. The van der Waals surface area contributed by atoms with E-state index in [1.165, 1.54) is 70.2 Å². The molecule has 5 unspecified atom stereocenters. The standard InChI is InChI=1S/C16H24O.C15H22O.2C14H20O.C13H18O/c1-6-13(4)15-9-7-8-10-16(15)17-11-14(5)12(2)3;1-5-13(4)14-6-8-15(9-7-14)16-11-10-12(2)3;1-5-12(4)13-6-8-14(9-7-13)15-10-11(2)3;1-4-6-11-15-14-9-7-13(8-10-14)12(3)5-2;1-4-10-14-13-8-6-12(7-9-13)11(3)5-2/h7-10,13H,6,11H2,1-5H3;6-10,13H,5,11H2,1-4H3;6-9,12H,2,5,10H2,1,3-4H3;4,6-10,12H,5,11H2,1-3H3;4,6-9,11H,1,5,10H2,2-3H3/b;;;6-4+;. The summed E-state index contributed by atoms with van der Waals surface area (Å²) in [6, 6.07) is 41.8. The molecule has 0 aliphatic rings. The van der Waals surface area contributed by atoms with E-state index in [-0.39, 0.29) is 0 Å². The summed E-state index contributed by atoms with van der Waals surface area (Å²) in [5.74, 6) is 7.83. The zero-order chi connectivity index (χ0) is 57.5. The third-order valence-electron chi connectivity index (χ3n) is 13.8. The molecule has 0 spiro atoms. The molecule has 5 heteroatoms. The number of hydrogen-bond donors (Lipinski definition) is 0. The van der Waals surface area contributed by atoms with Crippen molar-refractivity contribution in [3.8, 4) is 28.7 Å². The van der Waals surface area contributed by atoms with Crippen molar-refractivity contribution in [2.24, 2.45) is 0 Å². The Morgan fingerprint density at radius 1 is 0.442 bits per heavy atom. The minimum Gasteiger partial charge on any atom is -0.490 e. The molecular formula is C72H104O5. The molecule has 5 rings (SSSR count). The first-order chi connectivity index (χ1) is 36.9. The van der Waals surface area contributed by atoms with Gasteiger partial charge in [0.15, 0.2) is 0 Å². The highest BCUT2D eigenvalue weighted by molar-refractivity contribution is 5.37. The third kappa shape index (κ3) is 29.8. The lowest BCUT2D eigenvalue weighted by atomic mass is 9.98.